The van der Waals surface area contributed by atoms with Gasteiger partial charge in [-0.05, 0) is 65.0 Å². The summed E-state index contributed by atoms with van der Waals surface area (Å²) in [4.78, 5) is 17.1. The van der Waals surface area contributed by atoms with Crippen molar-refractivity contribution in [3.8, 4) is 6.07 Å². The van der Waals surface area contributed by atoms with E-state index in [4.69, 9.17) is 5.73 Å². The van der Waals surface area contributed by atoms with E-state index in [2.05, 4.69) is 35.8 Å². The van der Waals surface area contributed by atoms with Gasteiger partial charge in [-0.1, -0.05) is 13.8 Å². The van der Waals surface area contributed by atoms with E-state index < -0.39 is 5.92 Å². The molecule has 2 heterocycles. The topological polar surface area (TPSA) is 70.1 Å². The molecule has 1 unspecified atom stereocenters. The van der Waals surface area contributed by atoms with E-state index in [-0.39, 0.29) is 17.0 Å². The van der Waals surface area contributed by atoms with Gasteiger partial charge in [-0.15, -0.1) is 11.3 Å². The fourth-order valence-electron chi connectivity index (χ4n) is 4.30. The van der Waals surface area contributed by atoms with Gasteiger partial charge in [-0.3, -0.25) is 9.69 Å². The zero-order valence-electron chi connectivity index (χ0n) is 16.9. The Kier molecular flexibility index (Phi) is 5.11. The first kappa shape index (κ1) is 20.8. The number of nitriles is 1. The van der Waals surface area contributed by atoms with E-state index in [1.807, 2.05) is 13.0 Å². The zero-order chi connectivity index (χ0) is 21.8. The standard InChI is InChI=1S/C23H21BrFN3OS/c1-12-16(24)8-19(30-12)20-15(11-26)22(27)28(14-6-4-13(25)5-7-14)17-9-23(2,3)10-18(29)21(17)20/h4-8,20H,9-10,27H2,1-3H3. The minimum atomic E-state index is -0.486. The van der Waals surface area contributed by atoms with Gasteiger partial charge in [0.1, 0.15) is 11.6 Å². The molecule has 1 aromatic carbocycles. The van der Waals surface area contributed by atoms with Crippen molar-refractivity contribution in [1.82, 2.24) is 0 Å². The van der Waals surface area contributed by atoms with Crippen LogP contribution in [-0.2, 0) is 4.79 Å². The predicted molar refractivity (Wildman–Crippen MR) is 120 cm³/mol. The summed E-state index contributed by atoms with van der Waals surface area (Å²) in [6.07, 6.45) is 1.04. The Morgan fingerprint density at radius 2 is 1.97 bits per heavy atom. The molecule has 0 bridgehead atoms. The van der Waals surface area contributed by atoms with Crippen LogP contribution in [0.4, 0.5) is 10.1 Å². The smallest absolute Gasteiger partial charge is 0.162 e. The lowest BCUT2D eigenvalue weighted by molar-refractivity contribution is -0.118. The van der Waals surface area contributed by atoms with E-state index >= 15 is 0 Å². The molecule has 1 atom stereocenters. The Morgan fingerprint density at radius 3 is 2.53 bits per heavy atom. The summed E-state index contributed by atoms with van der Waals surface area (Å²) in [5.41, 5.74) is 8.72. The van der Waals surface area contributed by atoms with Crippen LogP contribution in [0.25, 0.3) is 0 Å². The second-order valence-corrected chi connectivity index (χ2v) is 10.7. The predicted octanol–water partition coefficient (Wildman–Crippen LogP) is 5.90. The fraction of sp³-hybridized carbons (Fsp3) is 0.304. The Hall–Kier alpha value is -2.43. The van der Waals surface area contributed by atoms with Crippen LogP contribution in [0.2, 0.25) is 0 Å². The van der Waals surface area contributed by atoms with Crippen LogP contribution in [0.3, 0.4) is 0 Å². The number of ketones is 1. The quantitative estimate of drug-likeness (QED) is 0.574. The van der Waals surface area contributed by atoms with Gasteiger partial charge in [0.2, 0.25) is 0 Å². The van der Waals surface area contributed by atoms with Crippen LogP contribution in [0.15, 0.2) is 57.5 Å². The van der Waals surface area contributed by atoms with E-state index in [1.54, 1.807) is 28.4 Å². The molecule has 2 aromatic rings. The van der Waals surface area contributed by atoms with Crippen molar-refractivity contribution in [1.29, 1.82) is 5.26 Å². The number of anilines is 1. The van der Waals surface area contributed by atoms with Gasteiger partial charge in [0.25, 0.3) is 0 Å². The SMILES string of the molecule is Cc1sc(C2C(C#N)=C(N)N(c3ccc(F)cc3)C3=C2C(=O)CC(C)(C)C3)cc1Br. The maximum Gasteiger partial charge on any atom is 0.162 e. The molecule has 1 aliphatic heterocycles. The van der Waals surface area contributed by atoms with Crippen molar-refractivity contribution in [3.63, 3.8) is 0 Å². The molecule has 2 N–H and O–H groups in total. The highest BCUT2D eigenvalue weighted by Crippen LogP contribution is 2.51. The lowest BCUT2D eigenvalue weighted by Gasteiger charge is -2.43. The number of rotatable bonds is 2. The number of thiophene rings is 1. The minimum Gasteiger partial charge on any atom is -0.384 e. The maximum absolute atomic E-state index is 13.6. The molecular weight excluding hydrogens is 465 g/mol. The first-order chi connectivity index (χ1) is 14.1. The van der Waals surface area contributed by atoms with Gasteiger partial charge in [0, 0.05) is 37.6 Å². The van der Waals surface area contributed by atoms with Crippen LogP contribution in [0, 0.1) is 29.5 Å². The van der Waals surface area contributed by atoms with Gasteiger partial charge >= 0.3 is 0 Å². The lowest BCUT2D eigenvalue weighted by atomic mass is 9.69. The number of hydrogen-bond acceptors (Lipinski definition) is 5. The second kappa shape index (κ2) is 7.36. The molecule has 1 aliphatic carbocycles. The number of nitrogens with two attached hydrogens (primary N) is 1. The molecule has 0 radical (unpaired) electrons. The van der Waals surface area contributed by atoms with E-state index in [1.165, 1.54) is 12.1 Å². The fourth-order valence-corrected chi connectivity index (χ4v) is 5.98. The highest BCUT2D eigenvalue weighted by atomic mass is 79.9. The number of benzene rings is 1. The summed E-state index contributed by atoms with van der Waals surface area (Å²) in [5, 5.41) is 10.0. The average molecular weight is 486 g/mol. The molecule has 0 saturated heterocycles. The molecule has 0 amide bonds. The highest BCUT2D eigenvalue weighted by Gasteiger charge is 2.45. The molecule has 7 heteroatoms. The van der Waals surface area contributed by atoms with Crippen molar-refractivity contribution in [2.45, 2.75) is 39.5 Å². The number of nitrogens with zero attached hydrogens (tertiary/aromatic N) is 2. The molecule has 2 aliphatic rings. The molecule has 30 heavy (non-hydrogen) atoms. The normalized spacial score (nSPS) is 21.0. The summed E-state index contributed by atoms with van der Waals surface area (Å²) in [7, 11) is 0. The number of halogens is 2. The van der Waals surface area contributed by atoms with Crippen LogP contribution in [0.5, 0.6) is 0 Å². The van der Waals surface area contributed by atoms with Gasteiger partial charge < -0.3 is 5.73 Å². The summed E-state index contributed by atoms with van der Waals surface area (Å²) in [5.74, 6) is -0.522. The number of aryl methyl sites for hydroxylation is 1. The van der Waals surface area contributed by atoms with Crippen molar-refractivity contribution < 1.29 is 9.18 Å². The number of carbonyl (C=O) groups excluding carboxylic acids is 1. The van der Waals surface area contributed by atoms with Gasteiger partial charge in [-0.25, -0.2) is 4.39 Å². The molecule has 4 nitrogen and oxygen atoms in total. The third-order valence-electron chi connectivity index (χ3n) is 5.63. The van der Waals surface area contributed by atoms with E-state index in [0.717, 1.165) is 19.9 Å². The first-order valence-electron chi connectivity index (χ1n) is 9.60. The zero-order valence-corrected chi connectivity index (χ0v) is 19.3. The second-order valence-electron chi connectivity index (χ2n) is 8.51. The Morgan fingerprint density at radius 1 is 1.30 bits per heavy atom. The van der Waals surface area contributed by atoms with Gasteiger partial charge in [-0.2, -0.15) is 5.26 Å². The van der Waals surface area contributed by atoms with E-state index in [9.17, 15) is 14.4 Å². The average Bonchev–Trinajstić information content (AvgIpc) is 2.99. The summed E-state index contributed by atoms with van der Waals surface area (Å²) >= 11 is 5.11. The first-order valence-corrected chi connectivity index (χ1v) is 11.2. The van der Waals surface area contributed by atoms with Crippen LogP contribution >= 0.6 is 27.3 Å². The van der Waals surface area contributed by atoms with Crippen LogP contribution in [-0.4, -0.2) is 5.78 Å². The third-order valence-corrected chi connectivity index (χ3v) is 7.83. The number of allylic oxidation sites excluding steroid dienone is 3. The van der Waals surface area contributed by atoms with Crippen molar-refractivity contribution in [2.24, 2.45) is 11.1 Å². The molecule has 1 aromatic heterocycles. The number of carbonyl (C=O) groups is 1. The Labute approximate surface area is 187 Å². The highest BCUT2D eigenvalue weighted by molar-refractivity contribution is 9.10. The van der Waals surface area contributed by atoms with Crippen LogP contribution < -0.4 is 10.6 Å². The lowest BCUT2D eigenvalue weighted by Crippen LogP contribution is -2.42. The van der Waals surface area contributed by atoms with Crippen LogP contribution in [0.1, 0.15) is 42.4 Å². The van der Waals surface area contributed by atoms with Gasteiger partial charge in [0.05, 0.1) is 17.6 Å². The molecular formula is C23H21BrFN3OS. The van der Waals surface area contributed by atoms with Crippen molar-refractivity contribution in [3.05, 3.63) is 73.0 Å². The Balaban J connectivity index is 2.00. The summed E-state index contributed by atoms with van der Waals surface area (Å²) in [6, 6.07) is 10.2. The largest absolute Gasteiger partial charge is 0.384 e. The molecule has 154 valence electrons. The van der Waals surface area contributed by atoms with Gasteiger partial charge in [0.15, 0.2) is 5.78 Å². The molecule has 0 spiro atoms. The third kappa shape index (κ3) is 3.38. The number of hydrogen-bond donors (Lipinski definition) is 1. The van der Waals surface area contributed by atoms with Crippen molar-refractivity contribution in [2.75, 3.05) is 4.90 Å². The van der Waals surface area contributed by atoms with E-state index in [0.29, 0.717) is 35.5 Å². The Bertz CT molecular complexity index is 1130. The molecule has 0 fully saturated rings. The minimum absolute atomic E-state index is 0.0285. The monoisotopic (exact) mass is 485 g/mol. The molecule has 4 rings (SSSR count). The molecule has 0 saturated carbocycles. The number of Topliss-reactive ketones (excluding diaryl/α,β-unsaturated/α-hetero) is 1. The maximum atomic E-state index is 13.6. The van der Waals surface area contributed by atoms with Crippen molar-refractivity contribution >= 4 is 38.7 Å². The summed E-state index contributed by atoms with van der Waals surface area (Å²) in [6.45, 7) is 6.10. The summed E-state index contributed by atoms with van der Waals surface area (Å²) < 4.78 is 14.5.